The molecule has 0 spiro atoms. The number of hydrogen-bond acceptors (Lipinski definition) is 5. The SMILES string of the molecule is COc1ccc(C(CC(=O)NCCc2noc(C(C)(C)C)n2)C(C)C)cc1C. The number of hydrogen-bond donors (Lipinski definition) is 1. The zero-order valence-corrected chi connectivity index (χ0v) is 18.1. The quantitative estimate of drug-likeness (QED) is 0.735. The smallest absolute Gasteiger partial charge is 0.232 e. The van der Waals surface area contributed by atoms with Crippen LogP contribution in [0.5, 0.6) is 5.75 Å². The summed E-state index contributed by atoms with van der Waals surface area (Å²) in [6.07, 6.45) is 1.00. The van der Waals surface area contributed by atoms with Gasteiger partial charge in [-0.2, -0.15) is 4.98 Å². The number of rotatable bonds is 8. The average Bonchev–Trinajstić information content (AvgIpc) is 3.08. The Hall–Kier alpha value is -2.37. The summed E-state index contributed by atoms with van der Waals surface area (Å²) in [7, 11) is 1.67. The van der Waals surface area contributed by atoms with Gasteiger partial charge in [0.15, 0.2) is 5.82 Å². The Labute approximate surface area is 168 Å². The molecule has 0 saturated carbocycles. The second-order valence-corrected chi connectivity index (χ2v) is 8.65. The highest BCUT2D eigenvalue weighted by molar-refractivity contribution is 5.77. The Balaban J connectivity index is 1.92. The van der Waals surface area contributed by atoms with Crippen LogP contribution in [-0.2, 0) is 16.6 Å². The second-order valence-electron chi connectivity index (χ2n) is 8.65. The van der Waals surface area contributed by atoms with Crippen molar-refractivity contribution < 1.29 is 14.1 Å². The van der Waals surface area contributed by atoms with Gasteiger partial charge in [-0.25, -0.2) is 0 Å². The van der Waals surface area contributed by atoms with Gasteiger partial charge >= 0.3 is 0 Å². The van der Waals surface area contributed by atoms with E-state index in [1.807, 2.05) is 33.8 Å². The number of aromatic nitrogens is 2. The highest BCUT2D eigenvalue weighted by atomic mass is 16.5. The summed E-state index contributed by atoms with van der Waals surface area (Å²) in [6.45, 7) is 12.9. The molecule has 1 aromatic carbocycles. The molecule has 1 heterocycles. The number of nitrogens with one attached hydrogen (secondary N) is 1. The molecule has 1 aromatic heterocycles. The first kappa shape index (κ1) is 21.9. The van der Waals surface area contributed by atoms with Gasteiger partial charge in [0.1, 0.15) is 5.75 Å². The van der Waals surface area contributed by atoms with E-state index in [1.54, 1.807) is 7.11 Å². The number of ether oxygens (including phenoxy) is 1. The number of carbonyl (C=O) groups excluding carboxylic acids is 1. The van der Waals surface area contributed by atoms with Gasteiger partial charge in [-0.15, -0.1) is 0 Å². The van der Waals surface area contributed by atoms with E-state index in [0.29, 0.717) is 37.0 Å². The second kappa shape index (κ2) is 9.22. The Morgan fingerprint density at radius 3 is 2.54 bits per heavy atom. The molecule has 0 radical (unpaired) electrons. The first-order chi connectivity index (χ1) is 13.1. The lowest BCUT2D eigenvalue weighted by Gasteiger charge is -2.22. The van der Waals surface area contributed by atoms with E-state index >= 15 is 0 Å². The minimum Gasteiger partial charge on any atom is -0.496 e. The van der Waals surface area contributed by atoms with Crippen LogP contribution in [0.15, 0.2) is 22.7 Å². The van der Waals surface area contributed by atoms with Crippen molar-refractivity contribution in [1.82, 2.24) is 15.5 Å². The Morgan fingerprint density at radius 2 is 2.00 bits per heavy atom. The molecule has 1 N–H and O–H groups in total. The van der Waals surface area contributed by atoms with Crippen LogP contribution in [0.2, 0.25) is 0 Å². The van der Waals surface area contributed by atoms with E-state index in [0.717, 1.165) is 16.9 Å². The Kier molecular flexibility index (Phi) is 7.22. The molecule has 6 heteroatoms. The van der Waals surface area contributed by atoms with Crippen molar-refractivity contribution in [2.45, 2.75) is 65.7 Å². The van der Waals surface area contributed by atoms with Crippen LogP contribution < -0.4 is 10.1 Å². The fourth-order valence-corrected chi connectivity index (χ4v) is 3.12. The molecule has 0 saturated heterocycles. The minimum absolute atomic E-state index is 0.0340. The molecule has 0 aliphatic heterocycles. The number of nitrogens with zero attached hydrogens (tertiary/aromatic N) is 2. The highest BCUT2D eigenvalue weighted by Crippen LogP contribution is 2.31. The number of carbonyl (C=O) groups is 1. The number of benzene rings is 1. The maximum atomic E-state index is 12.5. The van der Waals surface area contributed by atoms with E-state index in [2.05, 4.69) is 41.4 Å². The Morgan fingerprint density at radius 1 is 1.29 bits per heavy atom. The lowest BCUT2D eigenvalue weighted by Crippen LogP contribution is -2.28. The predicted octanol–water partition coefficient (Wildman–Crippen LogP) is 4.17. The number of amides is 1. The van der Waals surface area contributed by atoms with Gasteiger partial charge in [-0.05, 0) is 36.0 Å². The standard InChI is InChI=1S/C22H33N3O3/c1-14(2)17(16-8-9-18(27-7)15(3)12-16)13-20(26)23-11-10-19-24-21(28-25-19)22(4,5)6/h8-9,12,14,17H,10-11,13H2,1-7H3,(H,23,26). The van der Waals surface area contributed by atoms with Gasteiger partial charge in [-0.3, -0.25) is 4.79 Å². The number of methoxy groups -OCH3 is 1. The molecule has 0 bridgehead atoms. The molecule has 0 aliphatic rings. The highest BCUT2D eigenvalue weighted by Gasteiger charge is 2.22. The third kappa shape index (κ3) is 5.81. The molecule has 28 heavy (non-hydrogen) atoms. The van der Waals surface area contributed by atoms with Gasteiger partial charge in [0.2, 0.25) is 11.8 Å². The minimum atomic E-state index is -0.171. The maximum Gasteiger partial charge on any atom is 0.232 e. The molecule has 2 aromatic rings. The van der Waals surface area contributed by atoms with Crippen molar-refractivity contribution in [3.63, 3.8) is 0 Å². The predicted molar refractivity (Wildman–Crippen MR) is 110 cm³/mol. The summed E-state index contributed by atoms with van der Waals surface area (Å²) in [4.78, 5) is 16.9. The van der Waals surface area contributed by atoms with Gasteiger partial charge in [0.25, 0.3) is 0 Å². The third-order valence-corrected chi connectivity index (χ3v) is 4.84. The van der Waals surface area contributed by atoms with Crippen molar-refractivity contribution in [2.24, 2.45) is 5.92 Å². The fraction of sp³-hybridized carbons (Fsp3) is 0.591. The summed E-state index contributed by atoms with van der Waals surface area (Å²) >= 11 is 0. The monoisotopic (exact) mass is 387 g/mol. The Bertz CT molecular complexity index is 791. The molecule has 6 nitrogen and oxygen atoms in total. The summed E-state index contributed by atoms with van der Waals surface area (Å²) in [5.41, 5.74) is 2.07. The van der Waals surface area contributed by atoms with Crippen molar-refractivity contribution in [2.75, 3.05) is 13.7 Å². The van der Waals surface area contributed by atoms with Crippen LogP contribution in [0.3, 0.4) is 0 Å². The molecule has 1 unspecified atom stereocenters. The van der Waals surface area contributed by atoms with Crippen molar-refractivity contribution in [1.29, 1.82) is 0 Å². The maximum absolute atomic E-state index is 12.5. The largest absolute Gasteiger partial charge is 0.496 e. The third-order valence-electron chi connectivity index (χ3n) is 4.84. The van der Waals surface area contributed by atoms with Crippen LogP contribution in [0.1, 0.15) is 69.8 Å². The zero-order chi connectivity index (χ0) is 20.9. The van der Waals surface area contributed by atoms with Crippen LogP contribution in [0.4, 0.5) is 0 Å². The zero-order valence-electron chi connectivity index (χ0n) is 18.1. The van der Waals surface area contributed by atoms with E-state index in [4.69, 9.17) is 9.26 Å². The van der Waals surface area contributed by atoms with Gasteiger partial charge in [0, 0.05) is 24.8 Å². The van der Waals surface area contributed by atoms with E-state index in [1.165, 1.54) is 0 Å². The van der Waals surface area contributed by atoms with Crippen molar-refractivity contribution in [3.8, 4) is 5.75 Å². The molecule has 0 aliphatic carbocycles. The molecule has 154 valence electrons. The van der Waals surface area contributed by atoms with Crippen LogP contribution in [-0.4, -0.2) is 29.7 Å². The molecule has 2 rings (SSSR count). The molecular formula is C22H33N3O3. The molecule has 1 atom stereocenters. The number of aryl methyl sites for hydroxylation is 1. The summed E-state index contributed by atoms with van der Waals surface area (Å²) in [5.74, 6) is 2.64. The van der Waals surface area contributed by atoms with E-state index < -0.39 is 0 Å². The van der Waals surface area contributed by atoms with Crippen molar-refractivity contribution in [3.05, 3.63) is 41.0 Å². The van der Waals surface area contributed by atoms with Gasteiger partial charge in [-0.1, -0.05) is 51.9 Å². The van der Waals surface area contributed by atoms with Crippen molar-refractivity contribution >= 4 is 5.91 Å². The lowest BCUT2D eigenvalue weighted by molar-refractivity contribution is -0.121. The summed E-state index contributed by atoms with van der Waals surface area (Å²) in [5, 5.41) is 6.98. The summed E-state index contributed by atoms with van der Waals surface area (Å²) in [6, 6.07) is 6.14. The van der Waals surface area contributed by atoms with Crippen LogP contribution >= 0.6 is 0 Å². The molecule has 1 amide bonds. The normalized spacial score (nSPS) is 12.9. The van der Waals surface area contributed by atoms with Crippen LogP contribution in [0, 0.1) is 12.8 Å². The van der Waals surface area contributed by atoms with Crippen LogP contribution in [0.25, 0.3) is 0 Å². The van der Waals surface area contributed by atoms with E-state index in [-0.39, 0.29) is 17.2 Å². The summed E-state index contributed by atoms with van der Waals surface area (Å²) < 4.78 is 10.6. The first-order valence-electron chi connectivity index (χ1n) is 9.86. The molecule has 0 fully saturated rings. The first-order valence-corrected chi connectivity index (χ1v) is 9.86. The molecular weight excluding hydrogens is 354 g/mol. The fourth-order valence-electron chi connectivity index (χ4n) is 3.12. The average molecular weight is 388 g/mol. The topological polar surface area (TPSA) is 77.2 Å². The van der Waals surface area contributed by atoms with Gasteiger partial charge < -0.3 is 14.6 Å². The lowest BCUT2D eigenvalue weighted by atomic mass is 9.85. The van der Waals surface area contributed by atoms with E-state index in [9.17, 15) is 4.79 Å². The van der Waals surface area contributed by atoms with Gasteiger partial charge in [0.05, 0.1) is 7.11 Å².